The van der Waals surface area contributed by atoms with Crippen LogP contribution in [0.25, 0.3) is 0 Å². The molecule has 4 nitrogen and oxygen atoms in total. The standard InChI is InChI=1S/C24H27NO3/c1-24(2,3)28-23(27)22(19-14-15-20(26)16-19)25-21(17-10-6-4-7-11-17)18-12-8-5-9-13-18/h4-13,19,22H,14-16H2,1-3H3/t19?,22-/m0/s1. The lowest BCUT2D eigenvalue weighted by Crippen LogP contribution is -2.35. The minimum atomic E-state index is -0.693. The van der Waals surface area contributed by atoms with Gasteiger partial charge in [0.1, 0.15) is 11.4 Å². The summed E-state index contributed by atoms with van der Waals surface area (Å²) >= 11 is 0. The number of ether oxygens (including phenoxy) is 1. The van der Waals surface area contributed by atoms with Gasteiger partial charge in [0.25, 0.3) is 0 Å². The predicted molar refractivity (Wildman–Crippen MR) is 111 cm³/mol. The van der Waals surface area contributed by atoms with Crippen molar-refractivity contribution >= 4 is 17.5 Å². The third-order valence-corrected chi connectivity index (χ3v) is 4.74. The molecular weight excluding hydrogens is 350 g/mol. The summed E-state index contributed by atoms with van der Waals surface area (Å²) in [6.07, 6.45) is 1.55. The van der Waals surface area contributed by atoms with Gasteiger partial charge in [-0.25, -0.2) is 4.79 Å². The second-order valence-electron chi connectivity index (χ2n) is 8.23. The first-order valence-corrected chi connectivity index (χ1v) is 9.77. The predicted octanol–water partition coefficient (Wildman–Crippen LogP) is 4.60. The number of Topliss-reactive ketones (excluding diaryl/α,β-unsaturated/α-hetero) is 1. The summed E-state index contributed by atoms with van der Waals surface area (Å²) in [4.78, 5) is 29.8. The molecule has 0 amide bonds. The first-order chi connectivity index (χ1) is 13.3. The molecular formula is C24H27NO3. The van der Waals surface area contributed by atoms with Gasteiger partial charge in [-0.2, -0.15) is 0 Å². The van der Waals surface area contributed by atoms with Gasteiger partial charge in [-0.1, -0.05) is 60.7 Å². The Bertz CT molecular complexity index is 809. The summed E-state index contributed by atoms with van der Waals surface area (Å²) in [5.41, 5.74) is 2.02. The maximum atomic E-state index is 13.0. The topological polar surface area (TPSA) is 55.7 Å². The molecule has 1 aliphatic carbocycles. The largest absolute Gasteiger partial charge is 0.458 e. The van der Waals surface area contributed by atoms with E-state index in [0.29, 0.717) is 19.3 Å². The van der Waals surface area contributed by atoms with Crippen molar-refractivity contribution in [2.24, 2.45) is 10.9 Å². The average Bonchev–Trinajstić information content (AvgIpc) is 3.08. The lowest BCUT2D eigenvalue weighted by atomic mass is 9.96. The van der Waals surface area contributed by atoms with E-state index >= 15 is 0 Å². The van der Waals surface area contributed by atoms with Gasteiger partial charge in [0, 0.05) is 24.0 Å². The van der Waals surface area contributed by atoms with Crippen LogP contribution in [0.4, 0.5) is 0 Å². The van der Waals surface area contributed by atoms with Crippen molar-refractivity contribution in [2.75, 3.05) is 0 Å². The van der Waals surface area contributed by atoms with Crippen LogP contribution in [0.5, 0.6) is 0 Å². The quantitative estimate of drug-likeness (QED) is 0.565. The Balaban J connectivity index is 2.05. The molecule has 1 aliphatic rings. The molecule has 1 unspecified atom stereocenters. The molecule has 4 heteroatoms. The fourth-order valence-corrected chi connectivity index (χ4v) is 3.47. The maximum absolute atomic E-state index is 13.0. The van der Waals surface area contributed by atoms with Crippen molar-refractivity contribution in [3.8, 4) is 0 Å². The Morgan fingerprint density at radius 3 is 1.96 bits per heavy atom. The monoisotopic (exact) mass is 377 g/mol. The van der Waals surface area contributed by atoms with E-state index in [-0.39, 0.29) is 17.7 Å². The molecule has 0 N–H and O–H groups in total. The van der Waals surface area contributed by atoms with Crippen molar-refractivity contribution < 1.29 is 14.3 Å². The van der Waals surface area contributed by atoms with E-state index in [1.54, 1.807) is 0 Å². The molecule has 0 aliphatic heterocycles. The molecule has 3 rings (SSSR count). The molecule has 28 heavy (non-hydrogen) atoms. The van der Waals surface area contributed by atoms with E-state index in [0.717, 1.165) is 16.8 Å². The van der Waals surface area contributed by atoms with E-state index in [4.69, 9.17) is 9.73 Å². The van der Waals surface area contributed by atoms with Crippen LogP contribution in [-0.2, 0) is 14.3 Å². The average molecular weight is 377 g/mol. The molecule has 146 valence electrons. The number of nitrogens with zero attached hydrogens (tertiary/aromatic N) is 1. The number of hydrogen-bond donors (Lipinski definition) is 0. The number of hydrogen-bond acceptors (Lipinski definition) is 4. The molecule has 2 aromatic carbocycles. The first kappa shape index (κ1) is 20.0. The zero-order valence-corrected chi connectivity index (χ0v) is 16.7. The van der Waals surface area contributed by atoms with Gasteiger partial charge in [-0.05, 0) is 33.1 Å². The van der Waals surface area contributed by atoms with Gasteiger partial charge in [-0.15, -0.1) is 0 Å². The molecule has 2 aromatic rings. The number of aliphatic imine (C=N–C) groups is 1. The minimum Gasteiger partial charge on any atom is -0.458 e. The zero-order chi connectivity index (χ0) is 20.1. The molecule has 1 saturated carbocycles. The van der Waals surface area contributed by atoms with Crippen LogP contribution in [0, 0.1) is 5.92 Å². The first-order valence-electron chi connectivity index (χ1n) is 9.77. The van der Waals surface area contributed by atoms with Gasteiger partial charge in [0.05, 0.1) is 5.71 Å². The van der Waals surface area contributed by atoms with Crippen LogP contribution in [0.3, 0.4) is 0 Å². The molecule has 0 radical (unpaired) electrons. The third kappa shape index (κ3) is 5.16. The summed E-state index contributed by atoms with van der Waals surface area (Å²) in [5.74, 6) is -0.295. The molecule has 1 fully saturated rings. The summed E-state index contributed by atoms with van der Waals surface area (Å²) in [5, 5.41) is 0. The van der Waals surface area contributed by atoms with Crippen molar-refractivity contribution in [1.82, 2.24) is 0 Å². The van der Waals surface area contributed by atoms with E-state index in [2.05, 4.69) is 0 Å². The van der Waals surface area contributed by atoms with Crippen LogP contribution in [0.1, 0.15) is 51.2 Å². The van der Waals surface area contributed by atoms with Gasteiger partial charge >= 0.3 is 5.97 Å². The van der Waals surface area contributed by atoms with Crippen molar-refractivity contribution in [1.29, 1.82) is 0 Å². The van der Waals surface area contributed by atoms with Crippen LogP contribution in [0.15, 0.2) is 65.7 Å². The van der Waals surface area contributed by atoms with Gasteiger partial charge < -0.3 is 4.74 Å². The third-order valence-electron chi connectivity index (χ3n) is 4.74. The Kier molecular flexibility index (Phi) is 6.08. The van der Waals surface area contributed by atoms with Gasteiger partial charge in [0.2, 0.25) is 0 Å². The van der Waals surface area contributed by atoms with E-state index in [9.17, 15) is 9.59 Å². The van der Waals surface area contributed by atoms with Crippen LogP contribution in [0.2, 0.25) is 0 Å². The Hall–Kier alpha value is -2.75. The second kappa shape index (κ2) is 8.51. The highest BCUT2D eigenvalue weighted by molar-refractivity contribution is 6.13. The normalized spacial score (nSPS) is 17.8. The smallest absolute Gasteiger partial charge is 0.331 e. The lowest BCUT2D eigenvalue weighted by Gasteiger charge is -2.25. The summed E-state index contributed by atoms with van der Waals surface area (Å²) < 4.78 is 5.66. The summed E-state index contributed by atoms with van der Waals surface area (Å²) in [6, 6.07) is 19.0. The highest BCUT2D eigenvalue weighted by atomic mass is 16.6. The fourth-order valence-electron chi connectivity index (χ4n) is 3.47. The van der Waals surface area contributed by atoms with Gasteiger partial charge in [0.15, 0.2) is 6.04 Å². The fraction of sp³-hybridized carbons (Fsp3) is 0.375. The van der Waals surface area contributed by atoms with E-state index in [1.807, 2.05) is 81.4 Å². The van der Waals surface area contributed by atoms with Crippen LogP contribution < -0.4 is 0 Å². The number of carbonyl (C=O) groups excluding carboxylic acids is 2. The maximum Gasteiger partial charge on any atom is 0.331 e. The molecule has 0 heterocycles. The lowest BCUT2D eigenvalue weighted by molar-refractivity contribution is -0.157. The number of rotatable bonds is 5. The summed E-state index contributed by atoms with van der Waals surface area (Å²) in [7, 11) is 0. The Morgan fingerprint density at radius 2 is 1.54 bits per heavy atom. The SMILES string of the molecule is CC(C)(C)OC(=O)[C@@H](N=C(c1ccccc1)c1ccccc1)C1CCC(=O)C1. The van der Waals surface area contributed by atoms with Crippen molar-refractivity contribution in [3.05, 3.63) is 71.8 Å². The van der Waals surface area contributed by atoms with Gasteiger partial charge in [-0.3, -0.25) is 9.79 Å². The zero-order valence-electron chi connectivity index (χ0n) is 16.7. The molecule has 0 aromatic heterocycles. The van der Waals surface area contributed by atoms with E-state index in [1.165, 1.54) is 0 Å². The molecule has 2 atom stereocenters. The minimum absolute atomic E-state index is 0.121. The second-order valence-corrected chi connectivity index (χ2v) is 8.23. The number of ketones is 1. The Labute approximate surface area is 166 Å². The Morgan fingerprint density at radius 1 is 1.00 bits per heavy atom. The van der Waals surface area contributed by atoms with Crippen molar-refractivity contribution in [3.63, 3.8) is 0 Å². The number of esters is 1. The number of benzene rings is 2. The highest BCUT2D eigenvalue weighted by Crippen LogP contribution is 2.30. The highest BCUT2D eigenvalue weighted by Gasteiger charge is 2.37. The van der Waals surface area contributed by atoms with Crippen LogP contribution >= 0.6 is 0 Å². The summed E-state index contributed by atoms with van der Waals surface area (Å²) in [6.45, 7) is 5.54. The van der Waals surface area contributed by atoms with E-state index < -0.39 is 11.6 Å². The molecule has 0 saturated heterocycles. The van der Waals surface area contributed by atoms with Crippen LogP contribution in [-0.4, -0.2) is 29.1 Å². The van der Waals surface area contributed by atoms with Crippen molar-refractivity contribution in [2.45, 2.75) is 51.7 Å². The molecule has 0 bridgehead atoms. The number of carbonyl (C=O) groups is 2. The molecule has 0 spiro atoms.